The van der Waals surface area contributed by atoms with Crippen LogP contribution in [0.4, 0.5) is 0 Å². The van der Waals surface area contributed by atoms with Gasteiger partial charge >= 0.3 is 0 Å². The predicted molar refractivity (Wildman–Crippen MR) is 53.9 cm³/mol. The first-order chi connectivity index (χ1) is 6.61. The number of hydrogen-bond donors (Lipinski definition) is 0. The minimum absolute atomic E-state index is 0.202. The second-order valence-electron chi connectivity index (χ2n) is 5.17. The zero-order chi connectivity index (χ0) is 10.2. The standard InChI is InChI=1S/C11H19NO2/c1-9(2)3-4-12-6-11(5-10(12)13)7-14-8-11/h9H,3-8H2,1-2H3. The molecule has 0 saturated carbocycles. The second kappa shape index (κ2) is 3.54. The Bertz CT molecular complexity index is 233. The quantitative estimate of drug-likeness (QED) is 0.682. The number of amides is 1. The fourth-order valence-electron chi connectivity index (χ4n) is 2.18. The molecule has 2 aliphatic heterocycles. The van der Waals surface area contributed by atoms with Crippen molar-refractivity contribution in [2.75, 3.05) is 26.3 Å². The molecule has 1 spiro atoms. The van der Waals surface area contributed by atoms with Crippen molar-refractivity contribution < 1.29 is 9.53 Å². The smallest absolute Gasteiger partial charge is 0.223 e. The topological polar surface area (TPSA) is 29.5 Å². The Morgan fingerprint density at radius 2 is 2.21 bits per heavy atom. The van der Waals surface area contributed by atoms with Crippen molar-refractivity contribution in [3.8, 4) is 0 Å². The van der Waals surface area contributed by atoms with Crippen molar-refractivity contribution >= 4 is 5.91 Å². The molecule has 0 aromatic rings. The van der Waals surface area contributed by atoms with E-state index in [1.165, 1.54) is 0 Å². The van der Waals surface area contributed by atoms with Gasteiger partial charge in [-0.1, -0.05) is 13.8 Å². The first-order valence-electron chi connectivity index (χ1n) is 5.47. The zero-order valence-electron chi connectivity index (χ0n) is 9.08. The summed E-state index contributed by atoms with van der Waals surface area (Å²) in [7, 11) is 0. The highest BCUT2D eigenvalue weighted by molar-refractivity contribution is 5.79. The largest absolute Gasteiger partial charge is 0.380 e. The first kappa shape index (κ1) is 9.97. The highest BCUT2D eigenvalue weighted by Crippen LogP contribution is 2.38. The number of carbonyl (C=O) groups is 1. The van der Waals surface area contributed by atoms with E-state index >= 15 is 0 Å². The Kier molecular flexibility index (Phi) is 2.52. The Hall–Kier alpha value is -0.570. The average Bonchev–Trinajstić information content (AvgIpc) is 2.39. The van der Waals surface area contributed by atoms with Crippen LogP contribution < -0.4 is 0 Å². The van der Waals surface area contributed by atoms with E-state index in [2.05, 4.69) is 13.8 Å². The lowest BCUT2D eigenvalue weighted by Gasteiger charge is -2.37. The number of hydrogen-bond acceptors (Lipinski definition) is 2. The summed E-state index contributed by atoms with van der Waals surface area (Å²) in [6.45, 7) is 7.83. The molecule has 0 unspecified atom stereocenters. The van der Waals surface area contributed by atoms with Gasteiger partial charge in [-0.2, -0.15) is 0 Å². The minimum atomic E-state index is 0.202. The summed E-state index contributed by atoms with van der Waals surface area (Å²) in [6.07, 6.45) is 1.83. The summed E-state index contributed by atoms with van der Waals surface area (Å²) in [6, 6.07) is 0. The highest BCUT2D eigenvalue weighted by Gasteiger charge is 2.48. The maximum absolute atomic E-state index is 11.7. The van der Waals surface area contributed by atoms with E-state index in [0.717, 1.165) is 32.7 Å². The summed E-state index contributed by atoms with van der Waals surface area (Å²) in [4.78, 5) is 13.7. The molecule has 0 atom stereocenters. The molecule has 0 aromatic carbocycles. The second-order valence-corrected chi connectivity index (χ2v) is 5.17. The Morgan fingerprint density at radius 3 is 2.64 bits per heavy atom. The Labute approximate surface area is 85.4 Å². The van der Waals surface area contributed by atoms with Crippen LogP contribution in [0, 0.1) is 11.3 Å². The van der Waals surface area contributed by atoms with Gasteiger partial charge in [0, 0.05) is 24.9 Å². The van der Waals surface area contributed by atoms with Crippen LogP contribution in [0.5, 0.6) is 0 Å². The fourth-order valence-corrected chi connectivity index (χ4v) is 2.18. The van der Waals surface area contributed by atoms with E-state index in [-0.39, 0.29) is 5.41 Å². The maximum atomic E-state index is 11.7. The predicted octanol–water partition coefficient (Wildman–Crippen LogP) is 1.28. The number of carbonyl (C=O) groups excluding carboxylic acids is 1. The van der Waals surface area contributed by atoms with E-state index in [9.17, 15) is 4.79 Å². The molecule has 2 saturated heterocycles. The number of ether oxygens (including phenoxy) is 1. The fraction of sp³-hybridized carbons (Fsp3) is 0.909. The maximum Gasteiger partial charge on any atom is 0.223 e. The van der Waals surface area contributed by atoms with Gasteiger partial charge in [0.25, 0.3) is 0 Å². The molecule has 3 nitrogen and oxygen atoms in total. The molecule has 0 N–H and O–H groups in total. The summed E-state index contributed by atoms with van der Waals surface area (Å²) < 4.78 is 5.20. The van der Waals surface area contributed by atoms with Crippen LogP contribution in [0.3, 0.4) is 0 Å². The van der Waals surface area contributed by atoms with Gasteiger partial charge < -0.3 is 9.64 Å². The third-order valence-electron chi connectivity index (χ3n) is 3.20. The van der Waals surface area contributed by atoms with E-state index < -0.39 is 0 Å². The summed E-state index contributed by atoms with van der Waals surface area (Å²) in [5.74, 6) is 1.01. The van der Waals surface area contributed by atoms with Crippen LogP contribution in [-0.2, 0) is 9.53 Å². The molecule has 0 radical (unpaired) electrons. The molecular formula is C11H19NO2. The molecule has 3 heteroatoms. The molecule has 14 heavy (non-hydrogen) atoms. The van der Waals surface area contributed by atoms with Gasteiger partial charge in [0.1, 0.15) is 0 Å². The van der Waals surface area contributed by atoms with Gasteiger partial charge in [0.05, 0.1) is 13.2 Å². The van der Waals surface area contributed by atoms with Crippen molar-refractivity contribution in [3.63, 3.8) is 0 Å². The molecule has 80 valence electrons. The van der Waals surface area contributed by atoms with E-state index in [1.54, 1.807) is 0 Å². The molecular weight excluding hydrogens is 178 g/mol. The Balaban J connectivity index is 1.85. The lowest BCUT2D eigenvalue weighted by atomic mass is 9.85. The van der Waals surface area contributed by atoms with Crippen LogP contribution >= 0.6 is 0 Å². The molecule has 2 aliphatic rings. The average molecular weight is 197 g/mol. The Morgan fingerprint density at radius 1 is 1.50 bits per heavy atom. The van der Waals surface area contributed by atoms with Gasteiger partial charge in [0.15, 0.2) is 0 Å². The minimum Gasteiger partial charge on any atom is -0.380 e. The van der Waals surface area contributed by atoms with Gasteiger partial charge in [-0.3, -0.25) is 4.79 Å². The monoisotopic (exact) mass is 197 g/mol. The third kappa shape index (κ3) is 1.78. The van der Waals surface area contributed by atoms with Crippen LogP contribution in [0.15, 0.2) is 0 Å². The van der Waals surface area contributed by atoms with Crippen LogP contribution in [0.25, 0.3) is 0 Å². The summed E-state index contributed by atoms with van der Waals surface area (Å²) >= 11 is 0. The van der Waals surface area contributed by atoms with E-state index in [0.29, 0.717) is 18.2 Å². The van der Waals surface area contributed by atoms with Crippen LogP contribution in [0.2, 0.25) is 0 Å². The lowest BCUT2D eigenvalue weighted by Crippen LogP contribution is -2.44. The molecule has 2 heterocycles. The normalized spacial score (nSPS) is 24.8. The molecule has 2 rings (SSSR count). The van der Waals surface area contributed by atoms with Crippen molar-refractivity contribution in [2.45, 2.75) is 26.7 Å². The lowest BCUT2D eigenvalue weighted by molar-refractivity contribution is -0.129. The number of likely N-dealkylation sites (tertiary alicyclic amines) is 1. The summed E-state index contributed by atoms with van der Waals surface area (Å²) in [5, 5.41) is 0. The molecule has 0 aromatic heterocycles. The summed E-state index contributed by atoms with van der Waals surface area (Å²) in [5.41, 5.74) is 0.202. The van der Waals surface area contributed by atoms with Gasteiger partial charge in [0.2, 0.25) is 5.91 Å². The van der Waals surface area contributed by atoms with Gasteiger partial charge in [-0.25, -0.2) is 0 Å². The van der Waals surface area contributed by atoms with Gasteiger partial charge in [-0.15, -0.1) is 0 Å². The zero-order valence-corrected chi connectivity index (χ0v) is 9.08. The highest BCUT2D eigenvalue weighted by atomic mass is 16.5. The third-order valence-corrected chi connectivity index (χ3v) is 3.20. The van der Waals surface area contributed by atoms with Gasteiger partial charge in [-0.05, 0) is 12.3 Å². The van der Waals surface area contributed by atoms with Crippen molar-refractivity contribution in [3.05, 3.63) is 0 Å². The molecule has 1 amide bonds. The first-order valence-corrected chi connectivity index (χ1v) is 5.47. The van der Waals surface area contributed by atoms with E-state index in [4.69, 9.17) is 4.74 Å². The van der Waals surface area contributed by atoms with Crippen molar-refractivity contribution in [1.29, 1.82) is 0 Å². The number of rotatable bonds is 3. The molecule has 0 bridgehead atoms. The SMILES string of the molecule is CC(C)CCN1CC2(COC2)CC1=O. The molecule has 2 fully saturated rings. The number of nitrogens with zero attached hydrogens (tertiary/aromatic N) is 1. The van der Waals surface area contributed by atoms with Crippen LogP contribution in [0.1, 0.15) is 26.7 Å². The van der Waals surface area contributed by atoms with Crippen molar-refractivity contribution in [2.24, 2.45) is 11.3 Å². The van der Waals surface area contributed by atoms with Crippen LogP contribution in [-0.4, -0.2) is 37.1 Å². The van der Waals surface area contributed by atoms with E-state index in [1.807, 2.05) is 4.90 Å². The molecule has 0 aliphatic carbocycles. The van der Waals surface area contributed by atoms with Crippen molar-refractivity contribution in [1.82, 2.24) is 4.90 Å².